The minimum absolute atomic E-state index is 0.0277. The SMILES string of the molecule is O=S(=O)(Nc1ccc(Cl)c(O)c1)c1c(Cl)cc(Br)cc1Cl. The number of hydrogen-bond acceptors (Lipinski definition) is 3. The number of aromatic hydroxyl groups is 1. The van der Waals surface area contributed by atoms with Gasteiger partial charge in [0.1, 0.15) is 10.6 Å². The number of nitrogens with one attached hydrogen (secondary N) is 1. The topological polar surface area (TPSA) is 66.4 Å². The maximum Gasteiger partial charge on any atom is 0.264 e. The number of halogens is 4. The number of hydrogen-bond donors (Lipinski definition) is 2. The number of sulfonamides is 1. The smallest absolute Gasteiger partial charge is 0.264 e. The van der Waals surface area contributed by atoms with Crippen molar-refractivity contribution in [1.29, 1.82) is 0 Å². The molecule has 21 heavy (non-hydrogen) atoms. The van der Waals surface area contributed by atoms with Crippen LogP contribution in [0.5, 0.6) is 5.75 Å². The van der Waals surface area contributed by atoms with Crippen LogP contribution in [-0.4, -0.2) is 13.5 Å². The van der Waals surface area contributed by atoms with E-state index in [0.717, 1.165) is 0 Å². The van der Waals surface area contributed by atoms with Crippen LogP contribution in [0.15, 0.2) is 39.7 Å². The lowest BCUT2D eigenvalue weighted by Gasteiger charge is -2.12. The molecule has 0 amide bonds. The van der Waals surface area contributed by atoms with Gasteiger partial charge >= 0.3 is 0 Å². The molecule has 2 aromatic carbocycles. The number of phenols is 1. The maximum absolute atomic E-state index is 12.3. The standard InChI is InChI=1S/C12H7BrCl3NO3S/c13-6-3-9(15)12(10(16)4-6)21(19,20)17-7-1-2-8(14)11(18)5-7/h1-5,17-18H. The van der Waals surface area contributed by atoms with Gasteiger partial charge in [0.05, 0.1) is 20.8 Å². The Morgan fingerprint density at radius 3 is 2.10 bits per heavy atom. The van der Waals surface area contributed by atoms with Gasteiger partial charge in [-0.1, -0.05) is 50.7 Å². The zero-order chi connectivity index (χ0) is 15.8. The molecule has 0 unspecified atom stereocenters. The summed E-state index contributed by atoms with van der Waals surface area (Å²) in [5.41, 5.74) is 0.131. The number of benzene rings is 2. The van der Waals surface area contributed by atoms with Gasteiger partial charge in [-0.25, -0.2) is 8.42 Å². The van der Waals surface area contributed by atoms with Crippen LogP contribution in [0.2, 0.25) is 15.1 Å². The lowest BCUT2D eigenvalue weighted by Crippen LogP contribution is -2.14. The molecule has 0 saturated heterocycles. The Hall–Kier alpha value is -0.660. The predicted octanol–water partition coefficient (Wildman–Crippen LogP) is 4.92. The molecule has 2 rings (SSSR count). The molecule has 4 nitrogen and oxygen atoms in total. The van der Waals surface area contributed by atoms with Crippen LogP contribution in [0.25, 0.3) is 0 Å². The van der Waals surface area contributed by atoms with Crippen LogP contribution in [0.3, 0.4) is 0 Å². The van der Waals surface area contributed by atoms with E-state index in [1.54, 1.807) is 0 Å². The number of anilines is 1. The number of phenolic OH excluding ortho intramolecular Hbond substituents is 1. The van der Waals surface area contributed by atoms with Gasteiger partial charge in [0.25, 0.3) is 10.0 Å². The fourth-order valence-corrected chi connectivity index (χ4v) is 4.67. The van der Waals surface area contributed by atoms with E-state index in [0.29, 0.717) is 4.47 Å². The van der Waals surface area contributed by atoms with E-state index in [4.69, 9.17) is 34.8 Å². The summed E-state index contributed by atoms with van der Waals surface area (Å²) in [7, 11) is -4.01. The zero-order valence-electron chi connectivity index (χ0n) is 10.1. The van der Waals surface area contributed by atoms with Crippen LogP contribution in [-0.2, 0) is 10.0 Å². The van der Waals surface area contributed by atoms with Crippen molar-refractivity contribution in [2.24, 2.45) is 0 Å². The van der Waals surface area contributed by atoms with Crippen molar-refractivity contribution in [2.75, 3.05) is 4.72 Å². The average molecular weight is 432 g/mol. The first-order valence-corrected chi connectivity index (χ1v) is 8.77. The van der Waals surface area contributed by atoms with Crippen molar-refractivity contribution < 1.29 is 13.5 Å². The minimum atomic E-state index is -4.01. The molecule has 0 bridgehead atoms. The summed E-state index contributed by atoms with van der Waals surface area (Å²) in [6.45, 7) is 0. The van der Waals surface area contributed by atoms with Crippen molar-refractivity contribution in [2.45, 2.75) is 4.90 Å². The van der Waals surface area contributed by atoms with Crippen LogP contribution in [0.4, 0.5) is 5.69 Å². The summed E-state index contributed by atoms with van der Waals surface area (Å²) in [6, 6.07) is 6.78. The van der Waals surface area contributed by atoms with Crippen molar-refractivity contribution in [3.05, 3.63) is 49.9 Å². The maximum atomic E-state index is 12.3. The highest BCUT2D eigenvalue weighted by molar-refractivity contribution is 9.10. The highest BCUT2D eigenvalue weighted by Crippen LogP contribution is 2.34. The first-order valence-electron chi connectivity index (χ1n) is 5.36. The lowest BCUT2D eigenvalue weighted by atomic mass is 10.3. The Balaban J connectivity index is 2.46. The normalized spacial score (nSPS) is 11.4. The van der Waals surface area contributed by atoms with Gasteiger partial charge in [-0.05, 0) is 24.3 Å². The minimum Gasteiger partial charge on any atom is -0.506 e. The Kier molecular flexibility index (Phi) is 4.95. The van der Waals surface area contributed by atoms with Crippen molar-refractivity contribution >= 4 is 66.4 Å². The van der Waals surface area contributed by atoms with E-state index in [2.05, 4.69) is 20.7 Å². The largest absolute Gasteiger partial charge is 0.506 e. The van der Waals surface area contributed by atoms with E-state index in [-0.39, 0.29) is 31.4 Å². The fourth-order valence-electron chi connectivity index (χ4n) is 1.57. The van der Waals surface area contributed by atoms with Crippen LogP contribution >= 0.6 is 50.7 Å². The molecule has 9 heteroatoms. The van der Waals surface area contributed by atoms with E-state index in [1.807, 2.05) is 0 Å². The first kappa shape index (κ1) is 16.7. The molecule has 0 radical (unpaired) electrons. The molecule has 112 valence electrons. The predicted molar refractivity (Wildman–Crippen MR) is 88.1 cm³/mol. The molecule has 0 aliphatic carbocycles. The monoisotopic (exact) mass is 429 g/mol. The van der Waals surface area contributed by atoms with Gasteiger partial charge in [-0.3, -0.25) is 4.72 Å². The van der Waals surface area contributed by atoms with Gasteiger partial charge in [0.15, 0.2) is 0 Å². The van der Waals surface area contributed by atoms with E-state index >= 15 is 0 Å². The lowest BCUT2D eigenvalue weighted by molar-refractivity contribution is 0.476. The molecule has 0 saturated carbocycles. The molecule has 0 atom stereocenters. The molecule has 0 aromatic heterocycles. The Bertz CT molecular complexity index is 788. The van der Waals surface area contributed by atoms with Crippen molar-refractivity contribution in [3.63, 3.8) is 0 Å². The van der Waals surface area contributed by atoms with Crippen LogP contribution < -0.4 is 4.72 Å². The molecule has 2 aromatic rings. The zero-order valence-corrected chi connectivity index (χ0v) is 14.7. The van der Waals surface area contributed by atoms with Gasteiger partial charge < -0.3 is 5.11 Å². The molecule has 0 spiro atoms. The average Bonchev–Trinajstić information content (AvgIpc) is 2.31. The quantitative estimate of drug-likeness (QED) is 0.725. The molecular weight excluding hydrogens is 424 g/mol. The third-order valence-electron chi connectivity index (χ3n) is 2.43. The van der Waals surface area contributed by atoms with E-state index < -0.39 is 10.0 Å². The molecule has 0 fully saturated rings. The second kappa shape index (κ2) is 6.22. The van der Waals surface area contributed by atoms with Crippen LogP contribution in [0.1, 0.15) is 0 Å². The van der Waals surface area contributed by atoms with Gasteiger partial charge in [0, 0.05) is 10.5 Å². The van der Waals surface area contributed by atoms with Gasteiger partial charge in [-0.2, -0.15) is 0 Å². The number of rotatable bonds is 3. The molecular formula is C12H7BrCl3NO3S. The Labute approximate surface area is 144 Å². The third-order valence-corrected chi connectivity index (χ3v) is 5.51. The van der Waals surface area contributed by atoms with Gasteiger partial charge in [0.2, 0.25) is 0 Å². The third kappa shape index (κ3) is 3.76. The van der Waals surface area contributed by atoms with E-state index in [9.17, 15) is 13.5 Å². The molecule has 2 N–H and O–H groups in total. The summed E-state index contributed by atoms with van der Waals surface area (Å²) >= 11 is 20.7. The van der Waals surface area contributed by atoms with E-state index in [1.165, 1.54) is 30.3 Å². The molecule has 0 aliphatic rings. The summed E-state index contributed by atoms with van der Waals surface area (Å²) in [5.74, 6) is -0.245. The Morgan fingerprint density at radius 2 is 1.57 bits per heavy atom. The second-order valence-electron chi connectivity index (χ2n) is 3.97. The Morgan fingerprint density at radius 1 is 1.00 bits per heavy atom. The molecule has 0 heterocycles. The first-order chi connectivity index (χ1) is 9.70. The summed E-state index contributed by atoms with van der Waals surface area (Å²) in [5, 5.41) is 9.54. The van der Waals surface area contributed by atoms with Gasteiger partial charge in [-0.15, -0.1) is 0 Å². The second-order valence-corrected chi connectivity index (χ2v) is 7.73. The summed E-state index contributed by atoms with van der Waals surface area (Å²) < 4.78 is 27.5. The highest BCUT2D eigenvalue weighted by atomic mass is 79.9. The summed E-state index contributed by atoms with van der Waals surface area (Å²) in [6.07, 6.45) is 0. The molecule has 0 aliphatic heterocycles. The fraction of sp³-hybridized carbons (Fsp3) is 0. The highest BCUT2D eigenvalue weighted by Gasteiger charge is 2.22. The summed E-state index contributed by atoms with van der Waals surface area (Å²) in [4.78, 5) is -0.247. The van der Waals surface area contributed by atoms with Crippen molar-refractivity contribution in [1.82, 2.24) is 0 Å². The van der Waals surface area contributed by atoms with Crippen LogP contribution in [0, 0.1) is 0 Å². The van der Waals surface area contributed by atoms with Crippen molar-refractivity contribution in [3.8, 4) is 5.75 Å².